The molecule has 0 saturated heterocycles. The maximum Gasteiger partial charge on any atom is 0.0367 e. The van der Waals surface area contributed by atoms with E-state index in [2.05, 4.69) is 13.0 Å². The van der Waals surface area contributed by atoms with Gasteiger partial charge in [-0.2, -0.15) is 0 Å². The molecule has 0 heterocycles. The van der Waals surface area contributed by atoms with Crippen molar-refractivity contribution in [3.05, 3.63) is 23.8 Å². The quantitative estimate of drug-likeness (QED) is 0.221. The van der Waals surface area contributed by atoms with Crippen LogP contribution in [0.3, 0.4) is 0 Å². The number of unbranched alkanes of at least 4 members (excludes halogenated alkanes) is 15. The number of aryl methyl sites for hydroxylation is 1. The van der Waals surface area contributed by atoms with Gasteiger partial charge in [0.1, 0.15) is 0 Å². The van der Waals surface area contributed by atoms with Crippen molar-refractivity contribution in [1.82, 2.24) is 0 Å². The summed E-state index contributed by atoms with van der Waals surface area (Å²) in [6.07, 6.45) is 23.7. The lowest BCUT2D eigenvalue weighted by Crippen LogP contribution is -1.96. The molecule has 2 nitrogen and oxygen atoms in total. The number of nitrogen functional groups attached to an aromatic ring is 2. The van der Waals surface area contributed by atoms with Crippen LogP contribution in [0.2, 0.25) is 0 Å². The Morgan fingerprint density at radius 2 is 1.00 bits per heavy atom. The fourth-order valence-electron chi connectivity index (χ4n) is 3.70. The Hall–Kier alpha value is -1.18. The molecule has 2 heteroatoms. The molecule has 0 unspecified atom stereocenters. The zero-order valence-corrected chi connectivity index (χ0v) is 17.4. The van der Waals surface area contributed by atoms with E-state index >= 15 is 0 Å². The fourth-order valence-corrected chi connectivity index (χ4v) is 3.70. The first-order chi connectivity index (χ1) is 12.7. The molecule has 0 fully saturated rings. The molecule has 0 aromatic heterocycles. The third-order valence-corrected chi connectivity index (χ3v) is 5.47. The molecular weight excluding hydrogens is 316 g/mol. The summed E-state index contributed by atoms with van der Waals surface area (Å²) in [5.41, 5.74) is 14.6. The zero-order chi connectivity index (χ0) is 18.9. The third kappa shape index (κ3) is 12.2. The van der Waals surface area contributed by atoms with Crippen molar-refractivity contribution < 1.29 is 0 Å². The lowest BCUT2D eigenvalue weighted by atomic mass is 10.0. The number of benzene rings is 1. The molecule has 0 saturated carbocycles. The first-order valence-corrected chi connectivity index (χ1v) is 11.4. The highest BCUT2D eigenvalue weighted by Crippen LogP contribution is 2.19. The second-order valence-corrected chi connectivity index (χ2v) is 8.01. The van der Waals surface area contributed by atoms with Crippen LogP contribution in [0.1, 0.15) is 115 Å². The second kappa shape index (κ2) is 16.0. The number of hydrogen-bond donors (Lipinski definition) is 2. The van der Waals surface area contributed by atoms with Gasteiger partial charge in [0, 0.05) is 11.4 Å². The molecule has 4 N–H and O–H groups in total. The number of hydrogen-bond acceptors (Lipinski definition) is 2. The average Bonchev–Trinajstić information content (AvgIpc) is 2.63. The lowest BCUT2D eigenvalue weighted by molar-refractivity contribution is 0.529. The molecule has 1 rings (SSSR count). The van der Waals surface area contributed by atoms with E-state index in [0.717, 1.165) is 17.8 Å². The van der Waals surface area contributed by atoms with Gasteiger partial charge in [-0.1, -0.05) is 109 Å². The van der Waals surface area contributed by atoms with Crippen LogP contribution in [0.25, 0.3) is 0 Å². The molecule has 150 valence electrons. The highest BCUT2D eigenvalue weighted by molar-refractivity contribution is 5.56. The van der Waals surface area contributed by atoms with Crippen LogP contribution in [0.5, 0.6) is 0 Å². The minimum absolute atomic E-state index is 0.762. The Morgan fingerprint density at radius 3 is 1.42 bits per heavy atom. The van der Waals surface area contributed by atoms with Crippen molar-refractivity contribution in [3.8, 4) is 0 Å². The van der Waals surface area contributed by atoms with Gasteiger partial charge in [-0.15, -0.1) is 0 Å². The molecule has 26 heavy (non-hydrogen) atoms. The molecule has 0 aliphatic rings. The van der Waals surface area contributed by atoms with E-state index in [1.807, 2.05) is 12.1 Å². The first-order valence-electron chi connectivity index (χ1n) is 11.4. The van der Waals surface area contributed by atoms with E-state index in [1.165, 1.54) is 108 Å². The summed E-state index contributed by atoms with van der Waals surface area (Å²) in [5.74, 6) is 0. The van der Waals surface area contributed by atoms with Crippen molar-refractivity contribution in [2.75, 3.05) is 11.5 Å². The minimum Gasteiger partial charge on any atom is -0.399 e. The van der Waals surface area contributed by atoms with Gasteiger partial charge in [0.25, 0.3) is 0 Å². The van der Waals surface area contributed by atoms with Gasteiger partial charge in [0.2, 0.25) is 0 Å². The maximum absolute atomic E-state index is 6.01. The molecule has 0 bridgehead atoms. The summed E-state index contributed by atoms with van der Waals surface area (Å²) >= 11 is 0. The normalized spacial score (nSPS) is 11.1. The van der Waals surface area contributed by atoms with Crippen molar-refractivity contribution in [2.24, 2.45) is 0 Å². The fraction of sp³-hybridized carbons (Fsp3) is 0.750. The molecule has 0 atom stereocenters. The van der Waals surface area contributed by atoms with Crippen LogP contribution in [0, 0.1) is 0 Å². The van der Waals surface area contributed by atoms with Gasteiger partial charge >= 0.3 is 0 Å². The Bertz CT molecular complexity index is 442. The van der Waals surface area contributed by atoms with Crippen LogP contribution in [0.15, 0.2) is 18.2 Å². The highest BCUT2D eigenvalue weighted by atomic mass is 14.6. The molecule has 0 aliphatic heterocycles. The first kappa shape index (κ1) is 22.9. The summed E-state index contributed by atoms with van der Waals surface area (Å²) < 4.78 is 0. The molecule has 0 spiro atoms. The number of nitrogens with two attached hydrogens (primary N) is 2. The van der Waals surface area contributed by atoms with Gasteiger partial charge < -0.3 is 11.5 Å². The topological polar surface area (TPSA) is 52.0 Å². The SMILES string of the molecule is CCCCCCCCCCCCCCCCCCc1ccc(N)cc1N. The van der Waals surface area contributed by atoms with E-state index in [0.29, 0.717) is 0 Å². The van der Waals surface area contributed by atoms with Crippen molar-refractivity contribution >= 4 is 11.4 Å². The van der Waals surface area contributed by atoms with Crippen LogP contribution in [0.4, 0.5) is 11.4 Å². The van der Waals surface area contributed by atoms with E-state index in [4.69, 9.17) is 11.5 Å². The summed E-state index contributed by atoms with van der Waals surface area (Å²) in [6.45, 7) is 2.29. The van der Waals surface area contributed by atoms with Crippen LogP contribution < -0.4 is 11.5 Å². The maximum atomic E-state index is 6.01. The van der Waals surface area contributed by atoms with Crippen LogP contribution in [-0.4, -0.2) is 0 Å². The summed E-state index contributed by atoms with van der Waals surface area (Å²) in [4.78, 5) is 0. The van der Waals surface area contributed by atoms with Gasteiger partial charge in [-0.05, 0) is 30.5 Å². The van der Waals surface area contributed by atoms with E-state index in [1.54, 1.807) is 0 Å². The smallest absolute Gasteiger partial charge is 0.0367 e. The Kier molecular flexibility index (Phi) is 14.1. The standard InChI is InChI=1S/C24H44N2/c1-2-3-4-5-6-7-8-9-10-11-12-13-14-15-16-17-18-22-19-20-23(25)21-24(22)26/h19-21H,2-18,25-26H2,1H3. The zero-order valence-electron chi connectivity index (χ0n) is 17.4. The predicted octanol–water partition coefficient (Wildman–Crippen LogP) is 7.66. The lowest BCUT2D eigenvalue weighted by Gasteiger charge is -2.07. The van der Waals surface area contributed by atoms with E-state index in [-0.39, 0.29) is 0 Å². The molecule has 0 amide bonds. The van der Waals surface area contributed by atoms with E-state index < -0.39 is 0 Å². The van der Waals surface area contributed by atoms with Crippen molar-refractivity contribution in [1.29, 1.82) is 0 Å². The van der Waals surface area contributed by atoms with Crippen molar-refractivity contribution in [3.63, 3.8) is 0 Å². The molecule has 0 radical (unpaired) electrons. The Balaban J connectivity index is 1.79. The molecule has 1 aromatic rings. The van der Waals surface area contributed by atoms with Gasteiger partial charge in [-0.25, -0.2) is 0 Å². The molecule has 0 aliphatic carbocycles. The monoisotopic (exact) mass is 360 g/mol. The van der Waals surface area contributed by atoms with Gasteiger partial charge in [-0.3, -0.25) is 0 Å². The van der Waals surface area contributed by atoms with Crippen molar-refractivity contribution in [2.45, 2.75) is 116 Å². The van der Waals surface area contributed by atoms with Crippen LogP contribution >= 0.6 is 0 Å². The molecule has 1 aromatic carbocycles. The van der Waals surface area contributed by atoms with Crippen LogP contribution in [-0.2, 0) is 6.42 Å². The highest BCUT2D eigenvalue weighted by Gasteiger charge is 2.00. The number of rotatable bonds is 17. The van der Waals surface area contributed by atoms with E-state index in [9.17, 15) is 0 Å². The second-order valence-electron chi connectivity index (χ2n) is 8.01. The summed E-state index contributed by atoms with van der Waals surface area (Å²) in [6, 6.07) is 5.91. The predicted molar refractivity (Wildman–Crippen MR) is 119 cm³/mol. The third-order valence-electron chi connectivity index (χ3n) is 5.47. The Morgan fingerprint density at radius 1 is 0.577 bits per heavy atom. The Labute approximate surface area is 163 Å². The summed E-state index contributed by atoms with van der Waals surface area (Å²) in [7, 11) is 0. The van der Waals surface area contributed by atoms with Gasteiger partial charge in [0.15, 0.2) is 0 Å². The summed E-state index contributed by atoms with van der Waals surface area (Å²) in [5, 5.41) is 0. The largest absolute Gasteiger partial charge is 0.399 e. The number of anilines is 2. The minimum atomic E-state index is 0.762. The van der Waals surface area contributed by atoms with Gasteiger partial charge in [0.05, 0.1) is 0 Å². The average molecular weight is 361 g/mol. The molecular formula is C24H44N2.